The van der Waals surface area contributed by atoms with Crippen LogP contribution in [0.5, 0.6) is 0 Å². The number of hydrogen-bond donors (Lipinski definition) is 3. The molecule has 0 spiro atoms. The van der Waals surface area contributed by atoms with Crippen LogP contribution in [0, 0.1) is 13.8 Å². The van der Waals surface area contributed by atoms with Crippen LogP contribution in [0.25, 0.3) is 0 Å². The summed E-state index contributed by atoms with van der Waals surface area (Å²) in [5.41, 5.74) is 6.89. The minimum Gasteiger partial charge on any atom is -0.351 e. The summed E-state index contributed by atoms with van der Waals surface area (Å²) < 4.78 is 1.55. The van der Waals surface area contributed by atoms with Gasteiger partial charge in [0.15, 0.2) is 0 Å². The van der Waals surface area contributed by atoms with Gasteiger partial charge in [0.1, 0.15) is 6.54 Å². The van der Waals surface area contributed by atoms with Crippen LogP contribution in [0.4, 0.5) is 0 Å². The molecule has 2 heterocycles. The Morgan fingerprint density at radius 3 is 2.58 bits per heavy atom. The molecule has 0 radical (unpaired) electrons. The Morgan fingerprint density at radius 2 is 1.96 bits per heavy atom. The summed E-state index contributed by atoms with van der Waals surface area (Å²) in [6.45, 7) is 3.90. The molecule has 0 saturated carbocycles. The van der Waals surface area contributed by atoms with Crippen LogP contribution in [0.2, 0.25) is 0 Å². The number of rotatable bonds is 6. The normalized spacial score (nSPS) is 10.2. The van der Waals surface area contributed by atoms with E-state index in [1.807, 2.05) is 19.9 Å². The van der Waals surface area contributed by atoms with E-state index < -0.39 is 0 Å². The van der Waals surface area contributed by atoms with Crippen LogP contribution in [0.1, 0.15) is 28.2 Å². The van der Waals surface area contributed by atoms with Crippen LogP contribution in [0.15, 0.2) is 22.9 Å². The topological polar surface area (TPSA) is 105 Å². The highest BCUT2D eigenvalue weighted by molar-refractivity contribution is 7.08. The highest BCUT2D eigenvalue weighted by Crippen LogP contribution is 2.05. The van der Waals surface area contributed by atoms with Gasteiger partial charge >= 0.3 is 0 Å². The average Bonchev–Trinajstić information content (AvgIpc) is 3.15. The first-order valence-electron chi connectivity index (χ1n) is 7.35. The molecule has 8 nitrogen and oxygen atoms in total. The number of hydrazine groups is 1. The third-order valence-electron chi connectivity index (χ3n) is 3.16. The molecule has 3 N–H and O–H groups in total. The molecule has 2 aromatic heterocycles. The molecule has 0 saturated heterocycles. The Labute approximate surface area is 143 Å². The largest absolute Gasteiger partial charge is 0.351 e. The van der Waals surface area contributed by atoms with Crippen LogP contribution >= 0.6 is 11.3 Å². The molecular weight excluding hydrogens is 330 g/mol. The van der Waals surface area contributed by atoms with Crippen LogP contribution in [0.3, 0.4) is 0 Å². The lowest BCUT2D eigenvalue weighted by Crippen LogP contribution is -2.44. The predicted octanol–water partition coefficient (Wildman–Crippen LogP) is 0.529. The van der Waals surface area contributed by atoms with Gasteiger partial charge in [-0.1, -0.05) is 0 Å². The molecule has 2 aromatic rings. The second-order valence-electron chi connectivity index (χ2n) is 5.20. The zero-order chi connectivity index (χ0) is 17.5. The van der Waals surface area contributed by atoms with E-state index in [2.05, 4.69) is 21.3 Å². The van der Waals surface area contributed by atoms with E-state index in [4.69, 9.17) is 0 Å². The van der Waals surface area contributed by atoms with Crippen molar-refractivity contribution < 1.29 is 14.4 Å². The number of nitrogens with zero attached hydrogens (tertiary/aromatic N) is 2. The summed E-state index contributed by atoms with van der Waals surface area (Å²) in [7, 11) is 0. The summed E-state index contributed by atoms with van der Waals surface area (Å²) in [5.74, 6) is -0.989. The number of carbonyl (C=O) groups excluding carboxylic acids is 3. The van der Waals surface area contributed by atoms with Gasteiger partial charge in [-0.15, -0.1) is 0 Å². The third-order valence-corrected chi connectivity index (χ3v) is 3.84. The first-order valence-corrected chi connectivity index (χ1v) is 8.29. The fraction of sp³-hybridized carbons (Fsp3) is 0.333. The number of carbonyl (C=O) groups is 3. The summed E-state index contributed by atoms with van der Waals surface area (Å²) in [6, 6.07) is 3.57. The first-order chi connectivity index (χ1) is 11.5. The number of nitrogens with one attached hydrogen (secondary N) is 3. The molecule has 128 valence electrons. The molecule has 0 fully saturated rings. The standard InChI is InChI=1S/C15H19N5O3S/c1-10-7-11(2)20(19-10)8-14(22)18-17-13(21)3-5-16-15(23)12-4-6-24-9-12/h4,6-7,9H,3,5,8H2,1-2H3,(H,16,23)(H,17,21)(H,18,22). The quantitative estimate of drug-likeness (QED) is 0.662. The van der Waals surface area contributed by atoms with Crippen molar-refractivity contribution in [1.82, 2.24) is 25.9 Å². The van der Waals surface area contributed by atoms with Crippen molar-refractivity contribution in [2.24, 2.45) is 0 Å². The van der Waals surface area contributed by atoms with Gasteiger partial charge in [0.2, 0.25) is 5.91 Å². The third kappa shape index (κ3) is 5.20. The first kappa shape index (κ1) is 17.7. The number of aryl methyl sites for hydroxylation is 2. The Morgan fingerprint density at radius 1 is 1.21 bits per heavy atom. The monoisotopic (exact) mass is 349 g/mol. The molecule has 0 aliphatic carbocycles. The molecule has 0 bridgehead atoms. The highest BCUT2D eigenvalue weighted by Gasteiger charge is 2.09. The lowest BCUT2D eigenvalue weighted by atomic mass is 10.3. The Bertz CT molecular complexity index is 724. The lowest BCUT2D eigenvalue weighted by molar-refractivity contribution is -0.129. The number of amides is 3. The van der Waals surface area contributed by atoms with Gasteiger partial charge in [-0.2, -0.15) is 16.4 Å². The van der Waals surface area contributed by atoms with Crippen molar-refractivity contribution in [2.45, 2.75) is 26.8 Å². The van der Waals surface area contributed by atoms with Crippen molar-refractivity contribution in [2.75, 3.05) is 6.54 Å². The minimum atomic E-state index is -0.387. The molecule has 2 rings (SSSR count). The van der Waals surface area contributed by atoms with Crippen molar-refractivity contribution in [3.05, 3.63) is 39.8 Å². The molecular formula is C15H19N5O3S. The Kier molecular flexibility index (Phi) is 6.07. The maximum Gasteiger partial charge on any atom is 0.260 e. The molecule has 3 amide bonds. The summed E-state index contributed by atoms with van der Waals surface area (Å²) in [5, 5.41) is 10.3. The van der Waals surface area contributed by atoms with Crippen molar-refractivity contribution in [1.29, 1.82) is 0 Å². The van der Waals surface area contributed by atoms with Crippen molar-refractivity contribution in [3.8, 4) is 0 Å². The molecule has 24 heavy (non-hydrogen) atoms. The fourth-order valence-corrected chi connectivity index (χ4v) is 2.63. The zero-order valence-electron chi connectivity index (χ0n) is 13.5. The molecule has 0 aliphatic heterocycles. The van der Waals surface area contributed by atoms with Crippen LogP contribution < -0.4 is 16.2 Å². The van der Waals surface area contributed by atoms with Crippen LogP contribution in [-0.2, 0) is 16.1 Å². The second-order valence-corrected chi connectivity index (χ2v) is 5.98. The van der Waals surface area contributed by atoms with Crippen LogP contribution in [-0.4, -0.2) is 34.0 Å². The Hall–Kier alpha value is -2.68. The SMILES string of the molecule is Cc1cc(C)n(CC(=O)NNC(=O)CCNC(=O)c2ccsc2)n1. The molecule has 0 atom stereocenters. The lowest BCUT2D eigenvalue weighted by Gasteiger charge is -2.09. The van der Waals surface area contributed by atoms with Gasteiger partial charge < -0.3 is 5.32 Å². The molecule has 0 unspecified atom stereocenters. The van der Waals surface area contributed by atoms with E-state index in [9.17, 15) is 14.4 Å². The van der Waals surface area contributed by atoms with E-state index in [1.165, 1.54) is 11.3 Å². The number of hydrogen-bond acceptors (Lipinski definition) is 5. The number of aromatic nitrogens is 2. The van der Waals surface area contributed by atoms with E-state index >= 15 is 0 Å². The summed E-state index contributed by atoms with van der Waals surface area (Å²) >= 11 is 1.43. The van der Waals surface area contributed by atoms with Gasteiger partial charge in [0, 0.05) is 29.6 Å². The van der Waals surface area contributed by atoms with Gasteiger partial charge in [0.05, 0.1) is 5.69 Å². The van der Waals surface area contributed by atoms with E-state index in [0.717, 1.165) is 11.4 Å². The smallest absolute Gasteiger partial charge is 0.260 e. The van der Waals surface area contributed by atoms with E-state index in [1.54, 1.807) is 21.5 Å². The van der Waals surface area contributed by atoms with Gasteiger partial charge in [-0.3, -0.25) is 29.9 Å². The highest BCUT2D eigenvalue weighted by atomic mass is 32.1. The minimum absolute atomic E-state index is 0.0227. The predicted molar refractivity (Wildman–Crippen MR) is 89.3 cm³/mol. The molecule has 0 aromatic carbocycles. The van der Waals surface area contributed by atoms with Crippen molar-refractivity contribution in [3.63, 3.8) is 0 Å². The van der Waals surface area contributed by atoms with Crippen molar-refractivity contribution >= 4 is 29.1 Å². The van der Waals surface area contributed by atoms with E-state index in [-0.39, 0.29) is 37.2 Å². The maximum absolute atomic E-state index is 11.8. The zero-order valence-corrected chi connectivity index (χ0v) is 14.3. The maximum atomic E-state index is 11.8. The molecule has 9 heteroatoms. The van der Waals surface area contributed by atoms with E-state index in [0.29, 0.717) is 5.56 Å². The summed E-state index contributed by atoms with van der Waals surface area (Å²) in [4.78, 5) is 35.1. The van der Waals surface area contributed by atoms with Gasteiger partial charge in [-0.05, 0) is 31.4 Å². The van der Waals surface area contributed by atoms with Gasteiger partial charge in [0.25, 0.3) is 11.8 Å². The van der Waals surface area contributed by atoms with Gasteiger partial charge in [-0.25, -0.2) is 0 Å². The Balaban J connectivity index is 1.65. The fourth-order valence-electron chi connectivity index (χ4n) is 2.00. The second kappa shape index (κ2) is 8.25. The number of thiophene rings is 1. The summed E-state index contributed by atoms with van der Waals surface area (Å²) in [6.07, 6.45) is 0.0655. The average molecular weight is 349 g/mol. The molecule has 0 aliphatic rings.